The fourth-order valence-electron chi connectivity index (χ4n) is 2.20. The maximum absolute atomic E-state index is 11.9. The highest BCUT2D eigenvalue weighted by Gasteiger charge is 2.08. The van der Waals surface area contributed by atoms with Gasteiger partial charge in [0.25, 0.3) is 0 Å². The minimum Gasteiger partial charge on any atom is -0.368 e. The summed E-state index contributed by atoms with van der Waals surface area (Å²) in [5, 5.41) is 6.10. The quantitative estimate of drug-likeness (QED) is 0.894. The lowest BCUT2D eigenvalue weighted by atomic mass is 10.1. The van der Waals surface area contributed by atoms with Gasteiger partial charge in [-0.2, -0.15) is 0 Å². The van der Waals surface area contributed by atoms with Crippen LogP contribution in [0.2, 0.25) is 0 Å². The summed E-state index contributed by atoms with van der Waals surface area (Å²) in [4.78, 5) is 20.3. The molecular formula is C16H16N4O. The van der Waals surface area contributed by atoms with Gasteiger partial charge in [-0.3, -0.25) is 14.8 Å². The zero-order valence-electron chi connectivity index (χ0n) is 11.5. The number of amidine groups is 1. The molecule has 2 heterocycles. The highest BCUT2D eigenvalue weighted by molar-refractivity contribution is 6.00. The standard InChI is InChI=1S/C16H16N4O/c21-15(10-12-2-1-7-17-11-12)20-14-5-3-13(4-6-14)16-18-8-9-19-16/h1-7,11H,8-10H2,(H,18,19)(H,20,21). The second-order valence-corrected chi connectivity index (χ2v) is 4.82. The SMILES string of the molecule is O=C(Cc1cccnc1)Nc1ccc(C2=NCCN2)cc1. The van der Waals surface area contributed by atoms with E-state index in [9.17, 15) is 4.79 Å². The fraction of sp³-hybridized carbons (Fsp3) is 0.188. The number of pyridine rings is 1. The molecule has 0 unspecified atom stereocenters. The van der Waals surface area contributed by atoms with E-state index >= 15 is 0 Å². The Hall–Kier alpha value is -2.69. The maximum Gasteiger partial charge on any atom is 0.228 e. The van der Waals surface area contributed by atoms with Crippen molar-refractivity contribution in [2.24, 2.45) is 4.99 Å². The van der Waals surface area contributed by atoms with Gasteiger partial charge in [-0.25, -0.2) is 0 Å². The summed E-state index contributed by atoms with van der Waals surface area (Å²) in [5.41, 5.74) is 2.72. The number of hydrogen-bond acceptors (Lipinski definition) is 4. The molecule has 1 aliphatic rings. The summed E-state index contributed by atoms with van der Waals surface area (Å²) in [6.07, 6.45) is 3.72. The second kappa shape index (κ2) is 6.17. The van der Waals surface area contributed by atoms with Gasteiger partial charge < -0.3 is 10.6 Å². The van der Waals surface area contributed by atoms with Gasteiger partial charge in [0, 0.05) is 30.2 Å². The van der Waals surface area contributed by atoms with E-state index in [1.54, 1.807) is 12.4 Å². The van der Waals surface area contributed by atoms with Crippen LogP contribution in [0.3, 0.4) is 0 Å². The predicted octanol–water partition coefficient (Wildman–Crippen LogP) is 1.61. The minimum absolute atomic E-state index is 0.0490. The molecule has 0 saturated heterocycles. The van der Waals surface area contributed by atoms with Gasteiger partial charge in [0.05, 0.1) is 13.0 Å². The number of nitrogens with zero attached hydrogens (tertiary/aromatic N) is 2. The monoisotopic (exact) mass is 280 g/mol. The number of nitrogens with one attached hydrogen (secondary N) is 2. The van der Waals surface area contributed by atoms with Crippen LogP contribution in [0.5, 0.6) is 0 Å². The van der Waals surface area contributed by atoms with Gasteiger partial charge in [0.15, 0.2) is 0 Å². The Balaban J connectivity index is 1.61. The second-order valence-electron chi connectivity index (χ2n) is 4.82. The molecule has 0 radical (unpaired) electrons. The molecular weight excluding hydrogens is 264 g/mol. The lowest BCUT2D eigenvalue weighted by molar-refractivity contribution is -0.115. The van der Waals surface area contributed by atoms with Crippen molar-refractivity contribution in [3.8, 4) is 0 Å². The van der Waals surface area contributed by atoms with Gasteiger partial charge in [-0.05, 0) is 35.9 Å². The van der Waals surface area contributed by atoms with Crippen molar-refractivity contribution in [2.45, 2.75) is 6.42 Å². The molecule has 1 amide bonds. The molecule has 0 aliphatic carbocycles. The smallest absolute Gasteiger partial charge is 0.228 e. The number of hydrogen-bond donors (Lipinski definition) is 2. The van der Waals surface area contributed by atoms with E-state index in [1.165, 1.54) is 0 Å². The Morgan fingerprint density at radius 1 is 1.24 bits per heavy atom. The Kier molecular flexibility index (Phi) is 3.91. The van der Waals surface area contributed by atoms with E-state index in [0.29, 0.717) is 6.42 Å². The number of carbonyl (C=O) groups is 1. The molecule has 5 nitrogen and oxygen atoms in total. The van der Waals surface area contributed by atoms with Crippen molar-refractivity contribution in [1.82, 2.24) is 10.3 Å². The summed E-state index contributed by atoms with van der Waals surface area (Å²) in [7, 11) is 0. The Morgan fingerprint density at radius 3 is 2.76 bits per heavy atom. The van der Waals surface area contributed by atoms with Gasteiger partial charge in [0.2, 0.25) is 5.91 Å². The normalized spacial score (nSPS) is 13.4. The van der Waals surface area contributed by atoms with Crippen molar-refractivity contribution in [3.05, 3.63) is 59.9 Å². The lowest BCUT2D eigenvalue weighted by Crippen LogP contribution is -2.19. The third kappa shape index (κ3) is 3.45. The Bertz CT molecular complexity index is 650. The van der Waals surface area contributed by atoms with Crippen LogP contribution in [0, 0.1) is 0 Å². The molecule has 1 aromatic carbocycles. The van der Waals surface area contributed by atoms with E-state index in [0.717, 1.165) is 35.7 Å². The minimum atomic E-state index is -0.0490. The van der Waals surface area contributed by atoms with Gasteiger partial charge in [-0.15, -0.1) is 0 Å². The number of anilines is 1. The van der Waals surface area contributed by atoms with Crippen LogP contribution in [-0.2, 0) is 11.2 Å². The first-order chi connectivity index (χ1) is 10.3. The number of aliphatic imine (C=N–C) groups is 1. The van der Waals surface area contributed by atoms with Crippen LogP contribution >= 0.6 is 0 Å². The van der Waals surface area contributed by atoms with Crippen molar-refractivity contribution < 1.29 is 4.79 Å². The molecule has 2 N–H and O–H groups in total. The molecule has 0 saturated carbocycles. The largest absolute Gasteiger partial charge is 0.368 e. The number of benzene rings is 1. The zero-order chi connectivity index (χ0) is 14.5. The van der Waals surface area contributed by atoms with Crippen LogP contribution in [-0.4, -0.2) is 29.8 Å². The molecule has 0 spiro atoms. The van der Waals surface area contributed by atoms with Crippen LogP contribution < -0.4 is 10.6 Å². The molecule has 0 bridgehead atoms. The highest BCUT2D eigenvalue weighted by Crippen LogP contribution is 2.11. The van der Waals surface area contributed by atoms with E-state index in [1.807, 2.05) is 36.4 Å². The molecule has 21 heavy (non-hydrogen) atoms. The average molecular weight is 280 g/mol. The van der Waals surface area contributed by atoms with Crippen LogP contribution in [0.4, 0.5) is 5.69 Å². The molecule has 2 aromatic rings. The number of rotatable bonds is 4. The van der Waals surface area contributed by atoms with E-state index in [4.69, 9.17) is 0 Å². The first-order valence-corrected chi connectivity index (χ1v) is 6.89. The summed E-state index contributed by atoms with van der Waals surface area (Å²) in [5.74, 6) is 0.871. The van der Waals surface area contributed by atoms with Crippen molar-refractivity contribution in [2.75, 3.05) is 18.4 Å². The first kappa shape index (κ1) is 13.3. The van der Waals surface area contributed by atoms with E-state index in [2.05, 4.69) is 20.6 Å². The number of amides is 1. The molecule has 106 valence electrons. The summed E-state index contributed by atoms with van der Waals surface area (Å²) in [6.45, 7) is 1.71. The summed E-state index contributed by atoms with van der Waals surface area (Å²) < 4.78 is 0. The average Bonchev–Trinajstić information content (AvgIpc) is 3.03. The third-order valence-electron chi connectivity index (χ3n) is 3.20. The first-order valence-electron chi connectivity index (χ1n) is 6.89. The van der Waals surface area contributed by atoms with Gasteiger partial charge in [0.1, 0.15) is 5.84 Å². The van der Waals surface area contributed by atoms with E-state index < -0.39 is 0 Å². The molecule has 3 rings (SSSR count). The number of carbonyl (C=O) groups excluding carboxylic acids is 1. The molecule has 0 fully saturated rings. The topological polar surface area (TPSA) is 66.4 Å². The fourth-order valence-corrected chi connectivity index (χ4v) is 2.20. The molecule has 1 aromatic heterocycles. The lowest BCUT2D eigenvalue weighted by Gasteiger charge is -2.07. The molecule has 1 aliphatic heterocycles. The van der Waals surface area contributed by atoms with E-state index in [-0.39, 0.29) is 5.91 Å². The summed E-state index contributed by atoms with van der Waals surface area (Å²) >= 11 is 0. The zero-order valence-corrected chi connectivity index (χ0v) is 11.5. The maximum atomic E-state index is 11.9. The molecule has 0 atom stereocenters. The van der Waals surface area contributed by atoms with Crippen molar-refractivity contribution >= 4 is 17.4 Å². The van der Waals surface area contributed by atoms with Crippen LogP contribution in [0.1, 0.15) is 11.1 Å². The van der Waals surface area contributed by atoms with Crippen LogP contribution in [0.15, 0.2) is 53.8 Å². The molecule has 5 heteroatoms. The highest BCUT2D eigenvalue weighted by atomic mass is 16.1. The predicted molar refractivity (Wildman–Crippen MR) is 82.4 cm³/mol. The van der Waals surface area contributed by atoms with Crippen molar-refractivity contribution in [3.63, 3.8) is 0 Å². The Morgan fingerprint density at radius 2 is 2.10 bits per heavy atom. The van der Waals surface area contributed by atoms with Crippen molar-refractivity contribution in [1.29, 1.82) is 0 Å². The third-order valence-corrected chi connectivity index (χ3v) is 3.20. The van der Waals surface area contributed by atoms with Gasteiger partial charge in [-0.1, -0.05) is 6.07 Å². The summed E-state index contributed by atoms with van der Waals surface area (Å²) in [6, 6.07) is 11.4. The van der Waals surface area contributed by atoms with Gasteiger partial charge >= 0.3 is 0 Å². The van der Waals surface area contributed by atoms with Crippen LogP contribution in [0.25, 0.3) is 0 Å². The Labute approximate surface area is 123 Å². The number of aromatic nitrogens is 1.